The molecule has 1 aliphatic carbocycles. The molecule has 0 spiro atoms. The number of hydrazine groups is 1. The molecule has 1 aromatic heterocycles. The standard InChI is InChI=1S/C12H20N4/c13-16-12-9-5-8-11(15-12)14-10-6-3-1-2-4-7-10/h5,8-10H,1-4,6-7,13H2,(H2,14,15,16). The molecule has 16 heavy (non-hydrogen) atoms. The van der Waals surface area contributed by atoms with Crippen molar-refractivity contribution < 1.29 is 0 Å². The topological polar surface area (TPSA) is 63.0 Å². The van der Waals surface area contributed by atoms with Crippen LogP contribution in [0.3, 0.4) is 0 Å². The lowest BCUT2D eigenvalue weighted by molar-refractivity contribution is 0.618. The first kappa shape index (κ1) is 11.2. The zero-order valence-corrected chi connectivity index (χ0v) is 9.58. The van der Waals surface area contributed by atoms with Gasteiger partial charge < -0.3 is 10.7 Å². The predicted molar refractivity (Wildman–Crippen MR) is 67.2 cm³/mol. The first-order valence-corrected chi connectivity index (χ1v) is 6.09. The molecule has 4 N–H and O–H groups in total. The van der Waals surface area contributed by atoms with Crippen molar-refractivity contribution in [1.29, 1.82) is 0 Å². The maximum atomic E-state index is 5.34. The minimum absolute atomic E-state index is 0.572. The molecule has 0 radical (unpaired) electrons. The normalized spacial score (nSPS) is 17.8. The fraction of sp³-hybridized carbons (Fsp3) is 0.583. The van der Waals surface area contributed by atoms with Gasteiger partial charge >= 0.3 is 0 Å². The zero-order chi connectivity index (χ0) is 11.2. The van der Waals surface area contributed by atoms with Gasteiger partial charge in [-0.05, 0) is 25.0 Å². The molecule has 1 fully saturated rings. The zero-order valence-electron chi connectivity index (χ0n) is 9.58. The van der Waals surface area contributed by atoms with Crippen molar-refractivity contribution in [1.82, 2.24) is 4.98 Å². The summed E-state index contributed by atoms with van der Waals surface area (Å²) in [5, 5.41) is 3.49. The second-order valence-corrected chi connectivity index (χ2v) is 4.39. The molecular weight excluding hydrogens is 200 g/mol. The van der Waals surface area contributed by atoms with Crippen molar-refractivity contribution in [2.75, 3.05) is 10.7 Å². The molecule has 0 saturated heterocycles. The molecule has 2 rings (SSSR count). The summed E-state index contributed by atoms with van der Waals surface area (Å²) in [5.41, 5.74) is 2.57. The molecule has 1 heterocycles. The van der Waals surface area contributed by atoms with Crippen LogP contribution in [0.1, 0.15) is 38.5 Å². The number of pyridine rings is 1. The molecule has 0 amide bonds. The fourth-order valence-electron chi connectivity index (χ4n) is 2.23. The number of nitrogens with zero attached hydrogens (tertiary/aromatic N) is 1. The maximum absolute atomic E-state index is 5.34. The average Bonchev–Trinajstić information content (AvgIpc) is 2.58. The second-order valence-electron chi connectivity index (χ2n) is 4.39. The van der Waals surface area contributed by atoms with Gasteiger partial charge in [-0.2, -0.15) is 0 Å². The van der Waals surface area contributed by atoms with E-state index in [9.17, 15) is 0 Å². The highest BCUT2D eigenvalue weighted by Crippen LogP contribution is 2.20. The number of anilines is 2. The van der Waals surface area contributed by atoms with Crippen molar-refractivity contribution in [2.45, 2.75) is 44.6 Å². The van der Waals surface area contributed by atoms with Crippen LogP contribution in [0.25, 0.3) is 0 Å². The van der Waals surface area contributed by atoms with E-state index in [-0.39, 0.29) is 0 Å². The minimum atomic E-state index is 0.572. The van der Waals surface area contributed by atoms with E-state index in [2.05, 4.69) is 15.7 Å². The molecule has 1 aromatic rings. The first-order chi connectivity index (χ1) is 7.88. The van der Waals surface area contributed by atoms with Crippen molar-refractivity contribution in [2.24, 2.45) is 5.84 Å². The Morgan fingerprint density at radius 3 is 2.44 bits per heavy atom. The van der Waals surface area contributed by atoms with E-state index in [1.807, 2.05) is 18.2 Å². The van der Waals surface area contributed by atoms with Crippen LogP contribution < -0.4 is 16.6 Å². The lowest BCUT2D eigenvalue weighted by atomic mass is 10.1. The number of hydrogen-bond donors (Lipinski definition) is 3. The van der Waals surface area contributed by atoms with Crippen LogP contribution in [0.15, 0.2) is 18.2 Å². The summed E-state index contributed by atoms with van der Waals surface area (Å²) in [7, 11) is 0. The molecule has 0 unspecified atom stereocenters. The van der Waals surface area contributed by atoms with E-state index in [4.69, 9.17) is 5.84 Å². The average molecular weight is 220 g/mol. The molecule has 4 nitrogen and oxygen atoms in total. The van der Waals surface area contributed by atoms with Crippen molar-refractivity contribution >= 4 is 11.6 Å². The molecule has 0 aromatic carbocycles. The van der Waals surface area contributed by atoms with Gasteiger partial charge in [0.1, 0.15) is 11.6 Å². The smallest absolute Gasteiger partial charge is 0.142 e. The van der Waals surface area contributed by atoms with Crippen molar-refractivity contribution in [3.63, 3.8) is 0 Å². The van der Waals surface area contributed by atoms with E-state index in [1.54, 1.807) is 0 Å². The summed E-state index contributed by atoms with van der Waals surface area (Å²) in [6.07, 6.45) is 7.90. The number of nitrogens with two attached hydrogens (primary N) is 1. The van der Waals surface area contributed by atoms with Gasteiger partial charge in [0, 0.05) is 6.04 Å². The Bertz CT molecular complexity index is 319. The van der Waals surface area contributed by atoms with Crippen LogP contribution in [0.5, 0.6) is 0 Å². The monoisotopic (exact) mass is 220 g/mol. The van der Waals surface area contributed by atoms with E-state index >= 15 is 0 Å². The van der Waals surface area contributed by atoms with E-state index in [1.165, 1.54) is 38.5 Å². The van der Waals surface area contributed by atoms with Crippen LogP contribution in [-0.4, -0.2) is 11.0 Å². The largest absolute Gasteiger partial charge is 0.367 e. The second kappa shape index (κ2) is 5.70. The highest BCUT2D eigenvalue weighted by molar-refractivity contribution is 5.44. The van der Waals surface area contributed by atoms with Gasteiger partial charge in [0.2, 0.25) is 0 Å². The summed E-state index contributed by atoms with van der Waals surface area (Å²) in [6.45, 7) is 0. The van der Waals surface area contributed by atoms with Gasteiger partial charge in [0.05, 0.1) is 0 Å². The Morgan fingerprint density at radius 2 is 1.75 bits per heavy atom. The molecule has 0 bridgehead atoms. The predicted octanol–water partition coefficient (Wildman–Crippen LogP) is 2.50. The first-order valence-electron chi connectivity index (χ1n) is 6.09. The summed E-state index contributed by atoms with van der Waals surface area (Å²) in [6, 6.07) is 6.38. The number of nitrogen functional groups attached to an aromatic ring is 1. The minimum Gasteiger partial charge on any atom is -0.367 e. The number of hydrogen-bond acceptors (Lipinski definition) is 4. The highest BCUT2D eigenvalue weighted by Gasteiger charge is 2.12. The van der Waals surface area contributed by atoms with Gasteiger partial charge in [-0.1, -0.05) is 31.7 Å². The quantitative estimate of drug-likeness (QED) is 0.416. The van der Waals surface area contributed by atoms with Gasteiger partial charge in [0.15, 0.2) is 0 Å². The Kier molecular flexibility index (Phi) is 3.99. The van der Waals surface area contributed by atoms with Crippen LogP contribution >= 0.6 is 0 Å². The summed E-state index contributed by atoms with van der Waals surface area (Å²) in [5.74, 6) is 6.96. The van der Waals surface area contributed by atoms with Crippen molar-refractivity contribution in [3.05, 3.63) is 18.2 Å². The molecule has 0 aliphatic heterocycles. The number of rotatable bonds is 3. The Hall–Kier alpha value is -1.29. The SMILES string of the molecule is NNc1cccc(NC2CCCCCC2)n1. The van der Waals surface area contributed by atoms with Crippen LogP contribution in [0.4, 0.5) is 11.6 Å². The molecular formula is C12H20N4. The Balaban J connectivity index is 1.96. The molecule has 88 valence electrons. The highest BCUT2D eigenvalue weighted by atomic mass is 15.3. The molecule has 0 atom stereocenters. The summed E-state index contributed by atoms with van der Waals surface area (Å²) < 4.78 is 0. The third-order valence-corrected chi connectivity index (χ3v) is 3.10. The third kappa shape index (κ3) is 3.10. The Labute approximate surface area is 96.6 Å². The molecule has 4 heteroatoms. The van der Waals surface area contributed by atoms with E-state index < -0.39 is 0 Å². The summed E-state index contributed by atoms with van der Waals surface area (Å²) in [4.78, 5) is 4.37. The van der Waals surface area contributed by atoms with Crippen LogP contribution in [0, 0.1) is 0 Å². The van der Waals surface area contributed by atoms with E-state index in [0.717, 1.165) is 5.82 Å². The van der Waals surface area contributed by atoms with Gasteiger partial charge in [0.25, 0.3) is 0 Å². The van der Waals surface area contributed by atoms with Crippen molar-refractivity contribution in [3.8, 4) is 0 Å². The van der Waals surface area contributed by atoms with Crippen LogP contribution in [0.2, 0.25) is 0 Å². The lowest BCUT2D eigenvalue weighted by Crippen LogP contribution is -2.19. The van der Waals surface area contributed by atoms with E-state index in [0.29, 0.717) is 11.9 Å². The molecule has 1 aliphatic rings. The van der Waals surface area contributed by atoms with Gasteiger partial charge in [-0.3, -0.25) is 0 Å². The lowest BCUT2D eigenvalue weighted by Gasteiger charge is -2.17. The summed E-state index contributed by atoms with van der Waals surface area (Å²) >= 11 is 0. The Morgan fingerprint density at radius 1 is 1.06 bits per heavy atom. The number of nitrogens with one attached hydrogen (secondary N) is 2. The number of aromatic nitrogens is 1. The maximum Gasteiger partial charge on any atom is 0.142 e. The third-order valence-electron chi connectivity index (χ3n) is 3.10. The van der Waals surface area contributed by atoms with Gasteiger partial charge in [-0.15, -0.1) is 0 Å². The molecule has 1 saturated carbocycles. The van der Waals surface area contributed by atoms with Gasteiger partial charge in [-0.25, -0.2) is 10.8 Å². The fourth-order valence-corrected chi connectivity index (χ4v) is 2.23. The van der Waals surface area contributed by atoms with Crippen LogP contribution in [-0.2, 0) is 0 Å².